The van der Waals surface area contributed by atoms with E-state index in [4.69, 9.17) is 4.74 Å². The molecule has 0 bridgehead atoms. The molecule has 7 heteroatoms. The first-order chi connectivity index (χ1) is 13.4. The van der Waals surface area contributed by atoms with E-state index in [2.05, 4.69) is 4.72 Å². The monoisotopic (exact) mass is 399 g/mol. The normalized spacial score (nSPS) is 11.3. The molecule has 0 fully saturated rings. The van der Waals surface area contributed by atoms with Gasteiger partial charge in [0, 0.05) is 11.1 Å². The minimum Gasteiger partial charge on any atom is -0.478 e. The van der Waals surface area contributed by atoms with Crippen molar-refractivity contribution in [2.45, 2.75) is 19.8 Å². The van der Waals surface area contributed by atoms with Gasteiger partial charge in [-0.3, -0.25) is 4.72 Å². The predicted octanol–water partition coefficient (Wildman–Crippen LogP) is 4.87. The van der Waals surface area contributed by atoms with Crippen molar-refractivity contribution < 1.29 is 23.1 Å². The second-order valence-electron chi connectivity index (χ2n) is 6.36. The number of carbonyl (C=O) groups is 1. The Hall–Kier alpha value is -3.06. The molecule has 0 aliphatic rings. The molecule has 3 aromatic rings. The van der Waals surface area contributed by atoms with Crippen LogP contribution in [0.2, 0.25) is 0 Å². The van der Waals surface area contributed by atoms with Crippen LogP contribution in [0.5, 0.6) is 11.5 Å². The second-order valence-corrected chi connectivity index (χ2v) is 8.20. The van der Waals surface area contributed by atoms with Crippen LogP contribution < -0.4 is 9.46 Å². The maximum Gasteiger partial charge on any atom is 0.336 e. The van der Waals surface area contributed by atoms with Crippen molar-refractivity contribution in [2.75, 3.05) is 10.5 Å². The molecule has 0 spiro atoms. The van der Waals surface area contributed by atoms with Gasteiger partial charge in [-0.25, -0.2) is 13.2 Å². The molecule has 0 aromatic heterocycles. The fourth-order valence-corrected chi connectivity index (χ4v) is 4.11. The molecule has 6 nitrogen and oxygen atoms in total. The minimum atomic E-state index is -3.36. The number of hydrogen-bond donors (Lipinski definition) is 2. The first kappa shape index (κ1) is 19.7. The van der Waals surface area contributed by atoms with Crippen molar-refractivity contribution in [3.8, 4) is 11.5 Å². The Balaban J connectivity index is 1.81. The van der Waals surface area contributed by atoms with Crippen LogP contribution >= 0.6 is 0 Å². The fraction of sp³-hybridized carbons (Fsp3) is 0.190. The summed E-state index contributed by atoms with van der Waals surface area (Å²) in [5, 5.41) is 10.6. The van der Waals surface area contributed by atoms with Gasteiger partial charge in [0.2, 0.25) is 10.0 Å². The van der Waals surface area contributed by atoms with Crippen LogP contribution in [0, 0.1) is 0 Å². The van der Waals surface area contributed by atoms with Crippen LogP contribution in [0.4, 0.5) is 5.69 Å². The zero-order valence-electron chi connectivity index (χ0n) is 15.4. The number of benzene rings is 3. The van der Waals surface area contributed by atoms with E-state index >= 15 is 0 Å². The number of hydrogen-bond acceptors (Lipinski definition) is 4. The molecule has 0 saturated carbocycles. The third kappa shape index (κ3) is 4.61. The third-order valence-electron chi connectivity index (χ3n) is 4.23. The van der Waals surface area contributed by atoms with Crippen molar-refractivity contribution in [3.05, 3.63) is 66.2 Å². The Morgan fingerprint density at radius 1 is 1.00 bits per heavy atom. The van der Waals surface area contributed by atoms with E-state index < -0.39 is 16.0 Å². The molecule has 3 aromatic carbocycles. The van der Waals surface area contributed by atoms with Crippen molar-refractivity contribution >= 4 is 32.5 Å². The van der Waals surface area contributed by atoms with Crippen LogP contribution in [-0.4, -0.2) is 25.2 Å². The molecule has 2 N–H and O–H groups in total. The highest BCUT2D eigenvalue weighted by molar-refractivity contribution is 7.92. The number of rotatable bonds is 8. The van der Waals surface area contributed by atoms with Gasteiger partial charge in [-0.15, -0.1) is 0 Å². The third-order valence-corrected chi connectivity index (χ3v) is 5.61. The number of carboxylic acids is 1. The molecule has 0 saturated heterocycles. The molecule has 0 radical (unpaired) electrons. The molecule has 0 heterocycles. The fourth-order valence-electron chi connectivity index (χ4n) is 2.84. The lowest BCUT2D eigenvalue weighted by Crippen LogP contribution is -2.16. The topological polar surface area (TPSA) is 92.7 Å². The average molecular weight is 399 g/mol. The van der Waals surface area contributed by atoms with Gasteiger partial charge in [-0.2, -0.15) is 0 Å². The highest BCUT2D eigenvalue weighted by Gasteiger charge is 2.12. The molecule has 0 aliphatic carbocycles. The Morgan fingerprint density at radius 2 is 1.68 bits per heavy atom. The van der Waals surface area contributed by atoms with Crippen LogP contribution in [0.1, 0.15) is 30.1 Å². The predicted molar refractivity (Wildman–Crippen MR) is 110 cm³/mol. The zero-order chi connectivity index (χ0) is 20.1. The Labute approximate surface area is 163 Å². The van der Waals surface area contributed by atoms with Gasteiger partial charge in [0.1, 0.15) is 11.5 Å². The highest BCUT2D eigenvalue weighted by Crippen LogP contribution is 2.32. The largest absolute Gasteiger partial charge is 0.478 e. The van der Waals surface area contributed by atoms with E-state index in [1.807, 2.05) is 6.92 Å². The first-order valence-electron chi connectivity index (χ1n) is 8.93. The summed E-state index contributed by atoms with van der Waals surface area (Å²) < 4.78 is 32.4. The summed E-state index contributed by atoms with van der Waals surface area (Å²) in [5.41, 5.74) is 0.675. The van der Waals surface area contributed by atoms with Gasteiger partial charge in [-0.1, -0.05) is 37.6 Å². The van der Waals surface area contributed by atoms with Crippen molar-refractivity contribution in [1.82, 2.24) is 0 Å². The number of ether oxygens (including phenoxy) is 1. The van der Waals surface area contributed by atoms with Crippen LogP contribution in [0.3, 0.4) is 0 Å². The van der Waals surface area contributed by atoms with Crippen LogP contribution in [-0.2, 0) is 10.0 Å². The lowest BCUT2D eigenvalue weighted by molar-refractivity contribution is 0.0699. The summed E-state index contributed by atoms with van der Waals surface area (Å²) in [6.07, 6.45) is 1.41. The molecule has 0 aliphatic heterocycles. The van der Waals surface area contributed by atoms with E-state index in [-0.39, 0.29) is 11.3 Å². The molecule has 0 unspecified atom stereocenters. The number of aromatic carboxylic acids is 1. The second kappa shape index (κ2) is 8.31. The van der Waals surface area contributed by atoms with Gasteiger partial charge in [0.25, 0.3) is 0 Å². The average Bonchev–Trinajstić information content (AvgIpc) is 2.67. The standard InChI is InChI=1S/C21H21NO5S/c1-2-3-14-28(25,26)22-15-10-12-16(13-11-15)27-20-9-5-6-17-18(20)7-4-8-19(17)21(23)24/h4-13,22H,2-3,14H2,1H3,(H,23,24). The lowest BCUT2D eigenvalue weighted by Gasteiger charge is -2.11. The summed E-state index contributed by atoms with van der Waals surface area (Å²) >= 11 is 0. The Kier molecular flexibility index (Phi) is 5.84. The van der Waals surface area contributed by atoms with Gasteiger partial charge >= 0.3 is 5.97 Å². The smallest absolute Gasteiger partial charge is 0.336 e. The molecule has 0 amide bonds. The van der Waals surface area contributed by atoms with Gasteiger partial charge in [0.15, 0.2) is 0 Å². The quantitative estimate of drug-likeness (QED) is 0.564. The maximum atomic E-state index is 12.0. The van der Waals surface area contributed by atoms with E-state index in [9.17, 15) is 18.3 Å². The number of fused-ring (bicyclic) bond motifs is 1. The Bertz CT molecular complexity index is 1090. The van der Waals surface area contributed by atoms with E-state index in [0.29, 0.717) is 34.4 Å². The SMILES string of the molecule is CCCCS(=O)(=O)Nc1ccc(Oc2cccc3c(C(=O)O)cccc23)cc1. The summed E-state index contributed by atoms with van der Waals surface area (Å²) in [6, 6.07) is 16.8. The zero-order valence-corrected chi connectivity index (χ0v) is 16.2. The highest BCUT2D eigenvalue weighted by atomic mass is 32.2. The number of anilines is 1. The Morgan fingerprint density at radius 3 is 2.36 bits per heavy atom. The minimum absolute atomic E-state index is 0.0870. The molecule has 0 atom stereocenters. The van der Waals surface area contributed by atoms with Crippen LogP contribution in [0.15, 0.2) is 60.7 Å². The lowest BCUT2D eigenvalue weighted by atomic mass is 10.0. The summed E-state index contributed by atoms with van der Waals surface area (Å²) in [6.45, 7) is 1.94. The van der Waals surface area contributed by atoms with E-state index in [0.717, 1.165) is 6.42 Å². The molecule has 28 heavy (non-hydrogen) atoms. The number of sulfonamides is 1. The maximum absolute atomic E-state index is 12.0. The number of unbranched alkanes of at least 4 members (excludes halogenated alkanes) is 1. The van der Waals surface area contributed by atoms with Crippen LogP contribution in [0.25, 0.3) is 10.8 Å². The molecule has 146 valence electrons. The molecule has 3 rings (SSSR count). The van der Waals surface area contributed by atoms with Crippen molar-refractivity contribution in [2.24, 2.45) is 0 Å². The van der Waals surface area contributed by atoms with E-state index in [1.54, 1.807) is 60.7 Å². The van der Waals surface area contributed by atoms with Gasteiger partial charge in [-0.05, 0) is 48.2 Å². The summed E-state index contributed by atoms with van der Waals surface area (Å²) in [7, 11) is -3.36. The summed E-state index contributed by atoms with van der Waals surface area (Å²) in [4.78, 5) is 11.4. The van der Waals surface area contributed by atoms with Gasteiger partial charge in [0.05, 0.1) is 11.3 Å². The van der Waals surface area contributed by atoms with Crippen molar-refractivity contribution in [1.29, 1.82) is 0 Å². The number of carboxylic acid groups (broad SMARTS) is 1. The molecular formula is C21H21NO5S. The van der Waals surface area contributed by atoms with Crippen molar-refractivity contribution in [3.63, 3.8) is 0 Å². The first-order valence-corrected chi connectivity index (χ1v) is 10.6. The van der Waals surface area contributed by atoms with E-state index in [1.165, 1.54) is 0 Å². The number of nitrogens with one attached hydrogen (secondary N) is 1. The molecular weight excluding hydrogens is 378 g/mol. The summed E-state index contributed by atoms with van der Waals surface area (Å²) in [5.74, 6) is 0.132. The van der Waals surface area contributed by atoms with Gasteiger partial charge < -0.3 is 9.84 Å².